The van der Waals surface area contributed by atoms with Crippen molar-refractivity contribution in [2.45, 2.75) is 51.6 Å². The van der Waals surface area contributed by atoms with E-state index >= 15 is 0 Å². The summed E-state index contributed by atoms with van der Waals surface area (Å²) in [6.45, 7) is 4.00. The zero-order valence-electron chi connectivity index (χ0n) is 9.82. The Balaban J connectivity index is 1.81. The van der Waals surface area contributed by atoms with Gasteiger partial charge in [0.1, 0.15) is 0 Å². The third-order valence-corrected chi connectivity index (χ3v) is 4.22. The standard InChI is InChI=1S/C13H24O2/c1-10-4-6-11(7-5-10)13(14)12-3-2-8-15-9-12/h10-14H,2-9H2,1H3. The first-order valence-corrected chi connectivity index (χ1v) is 6.53. The van der Waals surface area contributed by atoms with Crippen molar-refractivity contribution in [2.24, 2.45) is 17.8 Å². The van der Waals surface area contributed by atoms with Gasteiger partial charge in [0.25, 0.3) is 0 Å². The maximum Gasteiger partial charge on any atom is 0.0618 e. The number of rotatable bonds is 2. The number of ether oxygens (including phenoxy) is 1. The lowest BCUT2D eigenvalue weighted by Gasteiger charge is -2.35. The third-order valence-electron chi connectivity index (χ3n) is 4.22. The Hall–Kier alpha value is -0.0800. The van der Waals surface area contributed by atoms with E-state index in [9.17, 15) is 5.11 Å². The zero-order valence-corrected chi connectivity index (χ0v) is 9.82. The van der Waals surface area contributed by atoms with E-state index < -0.39 is 0 Å². The summed E-state index contributed by atoms with van der Waals surface area (Å²) in [5.41, 5.74) is 0. The second-order valence-electron chi connectivity index (χ2n) is 5.49. The average Bonchev–Trinajstić information content (AvgIpc) is 2.30. The highest BCUT2D eigenvalue weighted by atomic mass is 16.5. The molecule has 1 heterocycles. The van der Waals surface area contributed by atoms with Crippen LogP contribution in [-0.2, 0) is 4.74 Å². The highest BCUT2D eigenvalue weighted by molar-refractivity contribution is 4.81. The van der Waals surface area contributed by atoms with Gasteiger partial charge in [0, 0.05) is 12.5 Å². The molecule has 1 saturated carbocycles. The van der Waals surface area contributed by atoms with Crippen LogP contribution in [0.5, 0.6) is 0 Å². The molecule has 1 aliphatic heterocycles. The first kappa shape index (κ1) is 11.4. The van der Waals surface area contributed by atoms with E-state index in [4.69, 9.17) is 4.74 Å². The lowest BCUT2D eigenvalue weighted by molar-refractivity contribution is -0.0420. The number of hydrogen-bond acceptors (Lipinski definition) is 2. The van der Waals surface area contributed by atoms with Crippen LogP contribution >= 0.6 is 0 Å². The molecule has 88 valence electrons. The third kappa shape index (κ3) is 2.94. The first-order chi connectivity index (χ1) is 7.27. The molecule has 0 bridgehead atoms. The number of hydrogen-bond donors (Lipinski definition) is 1. The smallest absolute Gasteiger partial charge is 0.0618 e. The van der Waals surface area contributed by atoms with E-state index in [1.165, 1.54) is 25.7 Å². The van der Waals surface area contributed by atoms with E-state index in [2.05, 4.69) is 6.92 Å². The van der Waals surface area contributed by atoms with Gasteiger partial charge in [-0.25, -0.2) is 0 Å². The van der Waals surface area contributed by atoms with Crippen LogP contribution in [0, 0.1) is 17.8 Å². The normalized spacial score (nSPS) is 40.0. The van der Waals surface area contributed by atoms with Crippen LogP contribution in [0.25, 0.3) is 0 Å². The van der Waals surface area contributed by atoms with Gasteiger partial charge in [-0.15, -0.1) is 0 Å². The fourth-order valence-electron chi connectivity index (χ4n) is 3.05. The van der Waals surface area contributed by atoms with E-state index in [0.29, 0.717) is 11.8 Å². The summed E-state index contributed by atoms with van der Waals surface area (Å²) in [5.74, 6) is 1.83. The largest absolute Gasteiger partial charge is 0.392 e. The Morgan fingerprint density at radius 3 is 2.40 bits per heavy atom. The van der Waals surface area contributed by atoms with E-state index in [1.54, 1.807) is 0 Å². The summed E-state index contributed by atoms with van der Waals surface area (Å²) >= 11 is 0. The summed E-state index contributed by atoms with van der Waals surface area (Å²) in [6.07, 6.45) is 7.23. The molecule has 2 unspecified atom stereocenters. The molecule has 1 aliphatic carbocycles. The molecule has 0 spiro atoms. The fourth-order valence-corrected chi connectivity index (χ4v) is 3.05. The van der Waals surface area contributed by atoms with Crippen molar-refractivity contribution in [2.75, 3.05) is 13.2 Å². The maximum absolute atomic E-state index is 10.3. The molecule has 2 nitrogen and oxygen atoms in total. The van der Waals surface area contributed by atoms with Crippen LogP contribution in [0.4, 0.5) is 0 Å². The topological polar surface area (TPSA) is 29.5 Å². The molecule has 1 N–H and O–H groups in total. The van der Waals surface area contributed by atoms with Crippen molar-refractivity contribution in [3.8, 4) is 0 Å². The average molecular weight is 212 g/mol. The molecule has 15 heavy (non-hydrogen) atoms. The molecule has 0 aromatic carbocycles. The maximum atomic E-state index is 10.3. The quantitative estimate of drug-likeness (QED) is 0.762. The van der Waals surface area contributed by atoms with E-state index in [-0.39, 0.29) is 6.10 Å². The summed E-state index contributed by atoms with van der Waals surface area (Å²) in [5, 5.41) is 10.3. The Morgan fingerprint density at radius 1 is 1.07 bits per heavy atom. The number of aliphatic hydroxyl groups is 1. The summed E-state index contributed by atoms with van der Waals surface area (Å²) in [6, 6.07) is 0. The van der Waals surface area contributed by atoms with Crippen molar-refractivity contribution >= 4 is 0 Å². The summed E-state index contributed by atoms with van der Waals surface area (Å²) < 4.78 is 5.46. The Kier molecular flexibility index (Phi) is 4.04. The van der Waals surface area contributed by atoms with Gasteiger partial charge in [-0.2, -0.15) is 0 Å². The van der Waals surface area contributed by atoms with Crippen LogP contribution in [0.3, 0.4) is 0 Å². The molecule has 1 saturated heterocycles. The van der Waals surface area contributed by atoms with Crippen LogP contribution in [0.2, 0.25) is 0 Å². The van der Waals surface area contributed by atoms with Gasteiger partial charge in [0.2, 0.25) is 0 Å². The molecular weight excluding hydrogens is 188 g/mol. The minimum atomic E-state index is -0.0993. The fraction of sp³-hybridized carbons (Fsp3) is 1.00. The first-order valence-electron chi connectivity index (χ1n) is 6.53. The van der Waals surface area contributed by atoms with Crippen LogP contribution < -0.4 is 0 Å². The predicted molar refractivity (Wildman–Crippen MR) is 60.7 cm³/mol. The van der Waals surface area contributed by atoms with Gasteiger partial charge >= 0.3 is 0 Å². The SMILES string of the molecule is CC1CCC(C(O)C2CCCOC2)CC1. The van der Waals surface area contributed by atoms with Gasteiger partial charge < -0.3 is 9.84 Å². The van der Waals surface area contributed by atoms with Crippen LogP contribution in [-0.4, -0.2) is 24.4 Å². The van der Waals surface area contributed by atoms with Crippen molar-refractivity contribution in [1.29, 1.82) is 0 Å². The van der Waals surface area contributed by atoms with Crippen molar-refractivity contribution < 1.29 is 9.84 Å². The second kappa shape index (κ2) is 5.31. The molecule has 0 aromatic heterocycles. The molecule has 2 atom stereocenters. The molecule has 2 rings (SSSR count). The van der Waals surface area contributed by atoms with Crippen LogP contribution in [0.1, 0.15) is 45.4 Å². The monoisotopic (exact) mass is 212 g/mol. The van der Waals surface area contributed by atoms with Gasteiger partial charge in [0.05, 0.1) is 12.7 Å². The molecule has 2 heteroatoms. The highest BCUT2D eigenvalue weighted by Crippen LogP contribution is 2.34. The Morgan fingerprint density at radius 2 is 1.80 bits per heavy atom. The lowest BCUT2D eigenvalue weighted by Crippen LogP contribution is -2.36. The zero-order chi connectivity index (χ0) is 10.7. The highest BCUT2D eigenvalue weighted by Gasteiger charge is 2.31. The lowest BCUT2D eigenvalue weighted by atomic mass is 9.76. The van der Waals surface area contributed by atoms with E-state index in [1.807, 2.05) is 0 Å². The molecule has 2 fully saturated rings. The Bertz CT molecular complexity index is 179. The van der Waals surface area contributed by atoms with E-state index in [0.717, 1.165) is 32.0 Å². The van der Waals surface area contributed by atoms with Crippen molar-refractivity contribution in [3.05, 3.63) is 0 Å². The second-order valence-corrected chi connectivity index (χ2v) is 5.49. The van der Waals surface area contributed by atoms with Crippen LogP contribution in [0.15, 0.2) is 0 Å². The summed E-state index contributed by atoms with van der Waals surface area (Å²) in [7, 11) is 0. The van der Waals surface area contributed by atoms with Gasteiger partial charge in [0.15, 0.2) is 0 Å². The van der Waals surface area contributed by atoms with Crippen molar-refractivity contribution in [3.63, 3.8) is 0 Å². The molecule has 2 aliphatic rings. The van der Waals surface area contributed by atoms with Gasteiger partial charge in [-0.3, -0.25) is 0 Å². The molecule has 0 radical (unpaired) electrons. The van der Waals surface area contributed by atoms with Crippen molar-refractivity contribution in [1.82, 2.24) is 0 Å². The predicted octanol–water partition coefficient (Wildman–Crippen LogP) is 2.60. The molecule has 0 amide bonds. The summed E-state index contributed by atoms with van der Waals surface area (Å²) in [4.78, 5) is 0. The Labute approximate surface area is 93.0 Å². The molecular formula is C13H24O2. The minimum absolute atomic E-state index is 0.0993. The molecule has 0 aromatic rings. The minimum Gasteiger partial charge on any atom is -0.392 e. The number of aliphatic hydroxyl groups excluding tert-OH is 1. The van der Waals surface area contributed by atoms with Gasteiger partial charge in [-0.1, -0.05) is 19.8 Å². The van der Waals surface area contributed by atoms with Gasteiger partial charge in [-0.05, 0) is 37.5 Å².